The van der Waals surface area contributed by atoms with Crippen molar-refractivity contribution in [1.82, 2.24) is 15.5 Å². The summed E-state index contributed by atoms with van der Waals surface area (Å²) in [6.07, 6.45) is -4.43. The minimum Gasteiger partial charge on any atom is -0.343 e. The fourth-order valence-corrected chi connectivity index (χ4v) is 2.55. The topological polar surface area (TPSA) is 68.0 Å². The third-order valence-corrected chi connectivity index (χ3v) is 3.95. The molecule has 1 N–H and O–H groups in total. The number of nitrogens with one attached hydrogen (secondary N) is 1. The minimum absolute atomic E-state index is 0.0156. The van der Waals surface area contributed by atoms with Gasteiger partial charge >= 0.3 is 6.18 Å². The van der Waals surface area contributed by atoms with Gasteiger partial charge in [-0.25, -0.2) is 0 Å². The van der Waals surface area contributed by atoms with Crippen molar-refractivity contribution < 1.29 is 22.5 Å². The molecule has 0 aliphatic rings. The van der Waals surface area contributed by atoms with Gasteiger partial charge in [0.05, 0.1) is 17.0 Å². The number of carbonyl (C=O) groups excluding carboxylic acids is 1. The SMILES string of the molecule is O=C(NCc1nc(-c2cccs2)no1)c1ccc(C(F)(F)F)cc1. The Morgan fingerprint density at radius 3 is 2.58 bits per heavy atom. The van der Waals surface area contributed by atoms with Crippen molar-refractivity contribution in [2.24, 2.45) is 0 Å². The Hall–Kier alpha value is -2.68. The van der Waals surface area contributed by atoms with Crippen LogP contribution in [0.1, 0.15) is 21.8 Å². The summed E-state index contributed by atoms with van der Waals surface area (Å²) < 4.78 is 42.5. The quantitative estimate of drug-likeness (QED) is 0.776. The lowest BCUT2D eigenvalue weighted by molar-refractivity contribution is -0.137. The molecule has 0 aliphatic carbocycles. The van der Waals surface area contributed by atoms with Crippen LogP contribution in [0.5, 0.6) is 0 Å². The Kier molecular flexibility index (Phi) is 4.34. The number of hydrogen-bond donors (Lipinski definition) is 1. The van der Waals surface area contributed by atoms with Crippen LogP contribution < -0.4 is 5.32 Å². The number of amides is 1. The van der Waals surface area contributed by atoms with E-state index in [1.165, 1.54) is 11.3 Å². The van der Waals surface area contributed by atoms with Gasteiger partial charge in [0.2, 0.25) is 11.7 Å². The molecule has 0 fully saturated rings. The molecule has 0 spiro atoms. The zero-order chi connectivity index (χ0) is 17.2. The third kappa shape index (κ3) is 3.62. The van der Waals surface area contributed by atoms with E-state index in [1.807, 2.05) is 17.5 Å². The Bertz CT molecular complexity index is 827. The monoisotopic (exact) mass is 353 g/mol. The molecule has 9 heteroatoms. The van der Waals surface area contributed by atoms with Crippen LogP contribution in [-0.4, -0.2) is 16.0 Å². The number of hydrogen-bond acceptors (Lipinski definition) is 5. The highest BCUT2D eigenvalue weighted by atomic mass is 32.1. The number of carbonyl (C=O) groups is 1. The zero-order valence-electron chi connectivity index (χ0n) is 12.0. The summed E-state index contributed by atoms with van der Waals surface area (Å²) in [6, 6.07) is 7.63. The Balaban J connectivity index is 1.61. The predicted octanol–water partition coefficient (Wildman–Crippen LogP) is 3.75. The number of halogens is 3. The van der Waals surface area contributed by atoms with Gasteiger partial charge in [0.25, 0.3) is 5.91 Å². The predicted molar refractivity (Wildman–Crippen MR) is 80.2 cm³/mol. The van der Waals surface area contributed by atoms with Gasteiger partial charge in [0, 0.05) is 5.56 Å². The third-order valence-electron chi connectivity index (χ3n) is 3.08. The average molecular weight is 353 g/mol. The average Bonchev–Trinajstić information content (AvgIpc) is 3.23. The Labute approximate surface area is 138 Å². The molecule has 24 heavy (non-hydrogen) atoms. The van der Waals surface area contributed by atoms with Crippen LogP contribution in [0.4, 0.5) is 13.2 Å². The summed E-state index contributed by atoms with van der Waals surface area (Å²) in [5.41, 5.74) is -0.697. The van der Waals surface area contributed by atoms with Crippen LogP contribution >= 0.6 is 11.3 Å². The molecule has 0 bridgehead atoms. The summed E-state index contributed by atoms with van der Waals surface area (Å²) in [6.45, 7) is -0.0156. The molecule has 0 unspecified atom stereocenters. The lowest BCUT2D eigenvalue weighted by Gasteiger charge is -2.07. The number of aromatic nitrogens is 2. The number of alkyl halides is 3. The highest BCUT2D eigenvalue weighted by Gasteiger charge is 2.30. The molecule has 3 rings (SSSR count). The van der Waals surface area contributed by atoms with Crippen molar-refractivity contribution in [1.29, 1.82) is 0 Å². The van der Waals surface area contributed by atoms with Gasteiger partial charge in [0.1, 0.15) is 0 Å². The van der Waals surface area contributed by atoms with Gasteiger partial charge in [0.15, 0.2) is 0 Å². The molecular formula is C15H10F3N3O2S. The second kappa shape index (κ2) is 6.44. The van der Waals surface area contributed by atoms with Crippen LogP contribution in [0.2, 0.25) is 0 Å². The van der Waals surface area contributed by atoms with Crippen LogP contribution in [0.3, 0.4) is 0 Å². The van der Waals surface area contributed by atoms with E-state index >= 15 is 0 Å². The second-order valence-electron chi connectivity index (χ2n) is 4.75. The molecule has 1 amide bonds. The van der Waals surface area contributed by atoms with Crippen LogP contribution in [0.25, 0.3) is 10.7 Å². The maximum atomic E-state index is 12.5. The van der Waals surface area contributed by atoms with Crippen LogP contribution in [0, 0.1) is 0 Å². The lowest BCUT2D eigenvalue weighted by Crippen LogP contribution is -2.23. The van der Waals surface area contributed by atoms with Gasteiger partial charge in [-0.1, -0.05) is 11.2 Å². The van der Waals surface area contributed by atoms with Crippen molar-refractivity contribution in [2.45, 2.75) is 12.7 Å². The maximum Gasteiger partial charge on any atom is 0.416 e. The van der Waals surface area contributed by atoms with E-state index in [0.29, 0.717) is 5.82 Å². The van der Waals surface area contributed by atoms with E-state index in [2.05, 4.69) is 15.5 Å². The normalized spacial score (nSPS) is 11.5. The van der Waals surface area contributed by atoms with E-state index in [4.69, 9.17) is 4.52 Å². The molecule has 0 aliphatic heterocycles. The summed E-state index contributed by atoms with van der Waals surface area (Å²) in [5.74, 6) is 0.0991. The van der Waals surface area contributed by atoms with Crippen molar-refractivity contribution in [3.05, 3.63) is 58.8 Å². The molecule has 2 aromatic heterocycles. The maximum absolute atomic E-state index is 12.5. The molecule has 1 aromatic carbocycles. The first-order chi connectivity index (χ1) is 11.4. The number of nitrogens with zero attached hydrogens (tertiary/aromatic N) is 2. The lowest BCUT2D eigenvalue weighted by atomic mass is 10.1. The van der Waals surface area contributed by atoms with Crippen molar-refractivity contribution in [3.63, 3.8) is 0 Å². The molecule has 2 heterocycles. The summed E-state index contributed by atoms with van der Waals surface area (Å²) in [7, 11) is 0. The zero-order valence-corrected chi connectivity index (χ0v) is 12.8. The van der Waals surface area contributed by atoms with E-state index in [1.54, 1.807) is 0 Å². The first kappa shape index (κ1) is 16.2. The van der Waals surface area contributed by atoms with Crippen molar-refractivity contribution in [2.75, 3.05) is 0 Å². The first-order valence-electron chi connectivity index (χ1n) is 6.75. The molecule has 0 saturated carbocycles. The largest absolute Gasteiger partial charge is 0.416 e. The first-order valence-corrected chi connectivity index (χ1v) is 7.63. The Morgan fingerprint density at radius 1 is 1.21 bits per heavy atom. The highest BCUT2D eigenvalue weighted by molar-refractivity contribution is 7.13. The van der Waals surface area contributed by atoms with E-state index in [0.717, 1.165) is 29.1 Å². The molecule has 0 saturated heterocycles. The standard InChI is InChI=1S/C15H10F3N3O2S/c16-15(17,18)10-5-3-9(4-6-10)14(22)19-8-12-20-13(21-23-12)11-2-1-7-24-11/h1-7H,8H2,(H,19,22). The highest BCUT2D eigenvalue weighted by Crippen LogP contribution is 2.29. The molecule has 3 aromatic rings. The molecular weight excluding hydrogens is 343 g/mol. The fourth-order valence-electron chi connectivity index (χ4n) is 1.90. The summed E-state index contributed by atoms with van der Waals surface area (Å²) in [4.78, 5) is 16.9. The van der Waals surface area contributed by atoms with Crippen LogP contribution in [0.15, 0.2) is 46.3 Å². The molecule has 5 nitrogen and oxygen atoms in total. The van der Waals surface area contributed by atoms with Gasteiger partial charge in [-0.15, -0.1) is 11.3 Å². The molecule has 124 valence electrons. The fraction of sp³-hybridized carbons (Fsp3) is 0.133. The van der Waals surface area contributed by atoms with Gasteiger partial charge < -0.3 is 9.84 Å². The summed E-state index contributed by atoms with van der Waals surface area (Å²) in [5, 5.41) is 8.19. The van der Waals surface area contributed by atoms with Gasteiger partial charge in [-0.05, 0) is 35.7 Å². The number of rotatable bonds is 4. The summed E-state index contributed by atoms with van der Waals surface area (Å²) >= 11 is 1.45. The minimum atomic E-state index is -4.43. The van der Waals surface area contributed by atoms with Crippen molar-refractivity contribution in [3.8, 4) is 10.7 Å². The number of benzene rings is 1. The van der Waals surface area contributed by atoms with E-state index in [9.17, 15) is 18.0 Å². The molecule has 0 atom stereocenters. The van der Waals surface area contributed by atoms with Gasteiger partial charge in [-0.2, -0.15) is 18.2 Å². The van der Waals surface area contributed by atoms with Gasteiger partial charge in [-0.3, -0.25) is 4.79 Å². The van der Waals surface area contributed by atoms with E-state index < -0.39 is 17.6 Å². The number of thiophene rings is 1. The van der Waals surface area contributed by atoms with Crippen molar-refractivity contribution >= 4 is 17.2 Å². The van der Waals surface area contributed by atoms with Crippen LogP contribution in [-0.2, 0) is 12.7 Å². The van der Waals surface area contributed by atoms with E-state index in [-0.39, 0.29) is 18.0 Å². The second-order valence-corrected chi connectivity index (χ2v) is 5.69. The molecule has 0 radical (unpaired) electrons. The Morgan fingerprint density at radius 2 is 1.96 bits per heavy atom. The smallest absolute Gasteiger partial charge is 0.343 e.